The molecular formula is C11H19NO2. The molecule has 0 aliphatic carbocycles. The molecule has 3 nitrogen and oxygen atoms in total. The van der Waals surface area contributed by atoms with E-state index in [-0.39, 0.29) is 0 Å². The molecule has 1 atom stereocenters. The summed E-state index contributed by atoms with van der Waals surface area (Å²) >= 11 is 0. The fourth-order valence-electron chi connectivity index (χ4n) is 1.81. The van der Waals surface area contributed by atoms with E-state index < -0.39 is 5.97 Å². The standard InChI is InChI=1S/C11H19NO2/c1-3-10(11(13)14)5-7-12-6-4-9(2)8-12/h5,9H,3-4,6-8H2,1-2H3,(H,13,14). The van der Waals surface area contributed by atoms with E-state index in [9.17, 15) is 4.79 Å². The lowest BCUT2D eigenvalue weighted by Crippen LogP contribution is -2.21. The summed E-state index contributed by atoms with van der Waals surface area (Å²) in [5.41, 5.74) is 0.532. The molecular weight excluding hydrogens is 178 g/mol. The molecule has 0 radical (unpaired) electrons. The van der Waals surface area contributed by atoms with Crippen LogP contribution in [0, 0.1) is 5.92 Å². The Kier molecular flexibility index (Phi) is 4.14. The zero-order chi connectivity index (χ0) is 10.6. The minimum Gasteiger partial charge on any atom is -0.478 e. The highest BCUT2D eigenvalue weighted by Gasteiger charge is 2.17. The van der Waals surface area contributed by atoms with Gasteiger partial charge >= 0.3 is 5.97 Å². The molecule has 0 aromatic heterocycles. The van der Waals surface area contributed by atoms with Crippen molar-refractivity contribution in [1.29, 1.82) is 0 Å². The van der Waals surface area contributed by atoms with Crippen molar-refractivity contribution in [2.45, 2.75) is 26.7 Å². The molecule has 1 saturated heterocycles. The van der Waals surface area contributed by atoms with Crippen molar-refractivity contribution in [2.24, 2.45) is 5.92 Å². The third kappa shape index (κ3) is 3.14. The first-order chi connectivity index (χ1) is 6.63. The minimum atomic E-state index is -0.778. The fraction of sp³-hybridized carbons (Fsp3) is 0.727. The Balaban J connectivity index is 2.40. The van der Waals surface area contributed by atoms with Crippen LogP contribution < -0.4 is 0 Å². The Bertz CT molecular complexity index is 235. The summed E-state index contributed by atoms with van der Waals surface area (Å²) in [6, 6.07) is 0. The van der Waals surface area contributed by atoms with Gasteiger partial charge in [-0.2, -0.15) is 0 Å². The molecule has 1 aliphatic heterocycles. The van der Waals surface area contributed by atoms with Gasteiger partial charge in [-0.3, -0.25) is 4.90 Å². The van der Waals surface area contributed by atoms with Gasteiger partial charge in [0.25, 0.3) is 0 Å². The van der Waals surface area contributed by atoms with Gasteiger partial charge in [-0.1, -0.05) is 19.9 Å². The molecule has 1 heterocycles. The molecule has 0 saturated carbocycles. The zero-order valence-electron chi connectivity index (χ0n) is 8.99. The molecule has 0 bridgehead atoms. The van der Waals surface area contributed by atoms with Crippen molar-refractivity contribution in [2.75, 3.05) is 19.6 Å². The molecule has 0 spiro atoms. The highest BCUT2D eigenvalue weighted by molar-refractivity contribution is 5.86. The molecule has 80 valence electrons. The van der Waals surface area contributed by atoms with Gasteiger partial charge in [0.1, 0.15) is 0 Å². The van der Waals surface area contributed by atoms with Gasteiger partial charge in [0.15, 0.2) is 0 Å². The monoisotopic (exact) mass is 197 g/mol. The molecule has 0 aromatic carbocycles. The fourth-order valence-corrected chi connectivity index (χ4v) is 1.81. The van der Waals surface area contributed by atoms with Gasteiger partial charge < -0.3 is 5.11 Å². The van der Waals surface area contributed by atoms with E-state index in [0.29, 0.717) is 12.0 Å². The van der Waals surface area contributed by atoms with Crippen LogP contribution in [0.5, 0.6) is 0 Å². The van der Waals surface area contributed by atoms with Crippen molar-refractivity contribution in [1.82, 2.24) is 4.90 Å². The SMILES string of the molecule is CCC(=CCN1CCC(C)C1)C(=O)O. The van der Waals surface area contributed by atoms with E-state index >= 15 is 0 Å². The Hall–Kier alpha value is -0.830. The van der Waals surface area contributed by atoms with E-state index in [0.717, 1.165) is 25.6 Å². The predicted molar refractivity (Wildman–Crippen MR) is 56.2 cm³/mol. The quantitative estimate of drug-likeness (QED) is 0.698. The van der Waals surface area contributed by atoms with Crippen LogP contribution in [-0.4, -0.2) is 35.6 Å². The van der Waals surface area contributed by atoms with Gasteiger partial charge in [0.05, 0.1) is 0 Å². The van der Waals surface area contributed by atoms with Gasteiger partial charge in [0, 0.05) is 18.7 Å². The van der Waals surface area contributed by atoms with E-state index in [4.69, 9.17) is 5.11 Å². The lowest BCUT2D eigenvalue weighted by atomic mass is 10.2. The molecule has 1 N–H and O–H groups in total. The molecule has 1 unspecified atom stereocenters. The molecule has 14 heavy (non-hydrogen) atoms. The second-order valence-corrected chi connectivity index (χ2v) is 4.04. The number of aliphatic carboxylic acids is 1. The number of carbonyl (C=O) groups is 1. The number of carboxylic acid groups (broad SMARTS) is 1. The van der Waals surface area contributed by atoms with Gasteiger partial charge in [-0.05, 0) is 25.3 Å². The van der Waals surface area contributed by atoms with Crippen LogP contribution in [0.1, 0.15) is 26.7 Å². The number of rotatable bonds is 4. The van der Waals surface area contributed by atoms with Crippen molar-refractivity contribution in [3.63, 3.8) is 0 Å². The van der Waals surface area contributed by atoms with Crippen molar-refractivity contribution < 1.29 is 9.90 Å². The summed E-state index contributed by atoms with van der Waals surface area (Å²) in [4.78, 5) is 13.0. The first-order valence-corrected chi connectivity index (χ1v) is 5.28. The van der Waals surface area contributed by atoms with Crippen LogP contribution in [0.2, 0.25) is 0 Å². The summed E-state index contributed by atoms with van der Waals surface area (Å²) in [7, 11) is 0. The van der Waals surface area contributed by atoms with Crippen LogP contribution in [0.15, 0.2) is 11.6 Å². The van der Waals surface area contributed by atoms with Crippen LogP contribution in [0.4, 0.5) is 0 Å². The maximum atomic E-state index is 10.7. The summed E-state index contributed by atoms with van der Waals surface area (Å²) in [5.74, 6) is -0.0157. The predicted octanol–water partition coefficient (Wildman–Crippen LogP) is 1.75. The van der Waals surface area contributed by atoms with Gasteiger partial charge in [0.2, 0.25) is 0 Å². The Morgan fingerprint density at radius 3 is 2.79 bits per heavy atom. The Labute approximate surface area is 85.4 Å². The number of carboxylic acids is 1. The number of hydrogen-bond donors (Lipinski definition) is 1. The summed E-state index contributed by atoms with van der Waals surface area (Å²) < 4.78 is 0. The van der Waals surface area contributed by atoms with Crippen LogP contribution in [-0.2, 0) is 4.79 Å². The minimum absolute atomic E-state index is 0.532. The second kappa shape index (κ2) is 5.15. The number of nitrogens with zero attached hydrogens (tertiary/aromatic N) is 1. The maximum Gasteiger partial charge on any atom is 0.331 e. The Morgan fingerprint density at radius 1 is 1.64 bits per heavy atom. The largest absolute Gasteiger partial charge is 0.478 e. The molecule has 0 aromatic rings. The summed E-state index contributed by atoms with van der Waals surface area (Å²) in [6.45, 7) is 7.12. The molecule has 3 heteroatoms. The van der Waals surface area contributed by atoms with E-state index in [2.05, 4.69) is 11.8 Å². The normalized spacial score (nSPS) is 24.1. The average Bonchev–Trinajstić information content (AvgIpc) is 2.52. The number of likely N-dealkylation sites (tertiary alicyclic amines) is 1. The van der Waals surface area contributed by atoms with Gasteiger partial charge in [-0.25, -0.2) is 4.79 Å². The summed E-state index contributed by atoms with van der Waals surface area (Å²) in [5, 5.41) is 8.81. The second-order valence-electron chi connectivity index (χ2n) is 4.04. The molecule has 1 rings (SSSR count). The van der Waals surface area contributed by atoms with Crippen LogP contribution in [0.25, 0.3) is 0 Å². The van der Waals surface area contributed by atoms with Crippen molar-refractivity contribution in [3.8, 4) is 0 Å². The third-order valence-electron chi connectivity index (χ3n) is 2.76. The van der Waals surface area contributed by atoms with E-state index in [1.807, 2.05) is 13.0 Å². The van der Waals surface area contributed by atoms with Crippen LogP contribution >= 0.6 is 0 Å². The lowest BCUT2D eigenvalue weighted by Gasteiger charge is -2.12. The smallest absolute Gasteiger partial charge is 0.331 e. The topological polar surface area (TPSA) is 40.5 Å². The third-order valence-corrected chi connectivity index (χ3v) is 2.76. The zero-order valence-corrected chi connectivity index (χ0v) is 8.99. The average molecular weight is 197 g/mol. The van der Waals surface area contributed by atoms with Crippen molar-refractivity contribution in [3.05, 3.63) is 11.6 Å². The van der Waals surface area contributed by atoms with E-state index in [1.54, 1.807) is 0 Å². The van der Waals surface area contributed by atoms with Gasteiger partial charge in [-0.15, -0.1) is 0 Å². The highest BCUT2D eigenvalue weighted by Crippen LogP contribution is 2.15. The Morgan fingerprint density at radius 2 is 2.36 bits per heavy atom. The van der Waals surface area contributed by atoms with E-state index in [1.165, 1.54) is 6.42 Å². The first-order valence-electron chi connectivity index (χ1n) is 5.28. The highest BCUT2D eigenvalue weighted by atomic mass is 16.4. The summed E-state index contributed by atoms with van der Waals surface area (Å²) in [6.07, 6.45) is 3.70. The molecule has 1 fully saturated rings. The lowest BCUT2D eigenvalue weighted by molar-refractivity contribution is -0.132. The van der Waals surface area contributed by atoms with Crippen molar-refractivity contribution >= 4 is 5.97 Å². The first kappa shape index (κ1) is 11.2. The molecule has 1 aliphatic rings. The number of hydrogen-bond acceptors (Lipinski definition) is 2. The van der Waals surface area contributed by atoms with Crippen LogP contribution in [0.3, 0.4) is 0 Å². The maximum absolute atomic E-state index is 10.7. The molecule has 0 amide bonds.